The number of ether oxygens (including phenoxy) is 1. The highest BCUT2D eigenvalue weighted by Gasteiger charge is 2.29. The smallest absolute Gasteiger partial charge is 0.305 e. The van der Waals surface area contributed by atoms with Crippen molar-refractivity contribution in [3.63, 3.8) is 0 Å². The van der Waals surface area contributed by atoms with E-state index in [1.807, 2.05) is 0 Å². The molecule has 3 rings (SSSR count). The van der Waals surface area contributed by atoms with Crippen LogP contribution in [0.25, 0.3) is 0 Å². The lowest BCUT2D eigenvalue weighted by Crippen LogP contribution is -2.47. The van der Waals surface area contributed by atoms with E-state index in [1.54, 1.807) is 6.33 Å². The number of fused-ring (bicyclic) bond motifs is 1. The van der Waals surface area contributed by atoms with Gasteiger partial charge in [0.25, 0.3) is 0 Å². The summed E-state index contributed by atoms with van der Waals surface area (Å²) in [5.41, 5.74) is 2.35. The maximum absolute atomic E-state index is 11.1. The number of carboxylic acid groups (broad SMARTS) is 1. The molecule has 0 amide bonds. The van der Waals surface area contributed by atoms with Crippen molar-refractivity contribution in [2.45, 2.75) is 44.6 Å². The van der Waals surface area contributed by atoms with Gasteiger partial charge in [0.15, 0.2) is 0 Å². The van der Waals surface area contributed by atoms with Crippen molar-refractivity contribution in [2.75, 3.05) is 24.7 Å². The Morgan fingerprint density at radius 3 is 3.05 bits per heavy atom. The summed E-state index contributed by atoms with van der Waals surface area (Å²) in [6.45, 7) is 1.77. The zero-order chi connectivity index (χ0) is 14.7. The molecule has 21 heavy (non-hydrogen) atoms. The molecule has 0 spiro atoms. The molecule has 2 aliphatic rings. The number of aliphatic carboxylic acids is 1. The lowest BCUT2D eigenvalue weighted by Gasteiger charge is -2.37. The molecule has 1 aliphatic heterocycles. The summed E-state index contributed by atoms with van der Waals surface area (Å²) in [4.78, 5) is 22.1. The Balaban J connectivity index is 1.92. The molecule has 1 aromatic rings. The van der Waals surface area contributed by atoms with Gasteiger partial charge < -0.3 is 14.7 Å². The van der Waals surface area contributed by atoms with Crippen molar-refractivity contribution in [3.8, 4) is 0 Å². The quantitative estimate of drug-likeness (QED) is 0.849. The van der Waals surface area contributed by atoms with Gasteiger partial charge in [-0.05, 0) is 25.7 Å². The first-order valence-electron chi connectivity index (χ1n) is 7.64. The van der Waals surface area contributed by atoms with Crippen molar-refractivity contribution >= 4 is 11.8 Å². The van der Waals surface area contributed by atoms with Crippen molar-refractivity contribution in [1.82, 2.24) is 9.97 Å². The summed E-state index contributed by atoms with van der Waals surface area (Å²) in [6.07, 6.45) is 7.23. The predicted octanol–water partition coefficient (Wildman–Crippen LogP) is 1.43. The van der Waals surface area contributed by atoms with Crippen molar-refractivity contribution in [1.29, 1.82) is 0 Å². The molecule has 1 fully saturated rings. The molecule has 1 saturated heterocycles. The molecule has 1 aliphatic carbocycles. The third kappa shape index (κ3) is 3.15. The first-order chi connectivity index (χ1) is 10.3. The molecule has 6 heteroatoms. The van der Waals surface area contributed by atoms with E-state index in [0.717, 1.165) is 30.8 Å². The molecule has 1 atom stereocenters. The van der Waals surface area contributed by atoms with Crippen LogP contribution in [0.4, 0.5) is 5.82 Å². The molecule has 2 heterocycles. The minimum atomic E-state index is -0.796. The number of morpholine rings is 1. The highest BCUT2D eigenvalue weighted by molar-refractivity contribution is 5.68. The summed E-state index contributed by atoms with van der Waals surface area (Å²) in [5, 5.41) is 9.10. The molecule has 6 nitrogen and oxygen atoms in total. The van der Waals surface area contributed by atoms with Crippen LogP contribution in [0.15, 0.2) is 6.33 Å². The van der Waals surface area contributed by atoms with Gasteiger partial charge in [-0.2, -0.15) is 0 Å². The van der Waals surface area contributed by atoms with Crippen molar-refractivity contribution < 1.29 is 14.6 Å². The zero-order valence-corrected chi connectivity index (χ0v) is 12.1. The highest BCUT2D eigenvalue weighted by Crippen LogP contribution is 2.29. The molecular weight excluding hydrogens is 270 g/mol. The van der Waals surface area contributed by atoms with E-state index in [1.165, 1.54) is 18.4 Å². The molecule has 0 radical (unpaired) electrons. The van der Waals surface area contributed by atoms with Crippen LogP contribution in [-0.4, -0.2) is 46.8 Å². The number of aromatic nitrogens is 2. The zero-order valence-electron chi connectivity index (χ0n) is 12.1. The Labute approximate surface area is 124 Å². The van der Waals surface area contributed by atoms with Crippen LogP contribution in [0.5, 0.6) is 0 Å². The number of rotatable bonds is 3. The standard InChI is InChI=1S/C15H21N3O3/c19-14(20)8-11-9-21-7-6-18(11)15-12-4-2-1-3-5-13(12)16-10-17-15/h10-11H,1-9H2,(H,19,20). The van der Waals surface area contributed by atoms with Gasteiger partial charge in [-0.25, -0.2) is 9.97 Å². The second-order valence-corrected chi connectivity index (χ2v) is 5.70. The van der Waals surface area contributed by atoms with E-state index in [0.29, 0.717) is 19.8 Å². The molecule has 1 N–H and O–H groups in total. The third-order valence-electron chi connectivity index (χ3n) is 4.26. The largest absolute Gasteiger partial charge is 0.481 e. The second kappa shape index (κ2) is 6.39. The van der Waals surface area contributed by atoms with E-state index in [-0.39, 0.29) is 12.5 Å². The fourth-order valence-electron chi connectivity index (χ4n) is 3.23. The van der Waals surface area contributed by atoms with Gasteiger partial charge in [0.2, 0.25) is 0 Å². The maximum atomic E-state index is 11.1. The number of nitrogens with zero attached hydrogens (tertiary/aromatic N) is 3. The summed E-state index contributed by atoms with van der Waals surface area (Å²) >= 11 is 0. The molecule has 114 valence electrons. The third-order valence-corrected chi connectivity index (χ3v) is 4.26. The molecule has 0 bridgehead atoms. The summed E-state index contributed by atoms with van der Waals surface area (Å²) in [5.74, 6) is 0.132. The summed E-state index contributed by atoms with van der Waals surface area (Å²) < 4.78 is 5.46. The van der Waals surface area contributed by atoms with E-state index < -0.39 is 5.97 Å². The fraction of sp³-hybridized carbons (Fsp3) is 0.667. The molecule has 0 aromatic carbocycles. The van der Waals surface area contributed by atoms with E-state index in [2.05, 4.69) is 14.9 Å². The highest BCUT2D eigenvalue weighted by atomic mass is 16.5. The first-order valence-corrected chi connectivity index (χ1v) is 7.64. The van der Waals surface area contributed by atoms with Crippen molar-refractivity contribution in [3.05, 3.63) is 17.6 Å². The molecule has 1 aromatic heterocycles. The SMILES string of the molecule is O=C(O)CC1COCCN1c1ncnc2c1CCCCC2. The van der Waals surface area contributed by atoms with Gasteiger partial charge in [-0.1, -0.05) is 6.42 Å². The number of carbonyl (C=O) groups is 1. The fourth-order valence-corrected chi connectivity index (χ4v) is 3.23. The average molecular weight is 291 g/mol. The van der Waals surface area contributed by atoms with Crippen molar-refractivity contribution in [2.24, 2.45) is 0 Å². The summed E-state index contributed by atoms with van der Waals surface area (Å²) in [6, 6.07) is -0.140. The van der Waals surface area contributed by atoms with Gasteiger partial charge >= 0.3 is 5.97 Å². The van der Waals surface area contributed by atoms with E-state index >= 15 is 0 Å². The van der Waals surface area contributed by atoms with E-state index in [4.69, 9.17) is 9.84 Å². The second-order valence-electron chi connectivity index (χ2n) is 5.70. The maximum Gasteiger partial charge on any atom is 0.305 e. The van der Waals surface area contributed by atoms with Crippen LogP contribution >= 0.6 is 0 Å². The van der Waals surface area contributed by atoms with Crippen LogP contribution in [-0.2, 0) is 22.4 Å². The number of carboxylic acids is 1. The van der Waals surface area contributed by atoms with Gasteiger partial charge in [-0.15, -0.1) is 0 Å². The Bertz CT molecular complexity index is 521. The molecule has 0 saturated carbocycles. The molecule has 1 unspecified atom stereocenters. The van der Waals surface area contributed by atoms with Crippen LogP contribution in [0.1, 0.15) is 36.9 Å². The predicted molar refractivity (Wildman–Crippen MR) is 77.5 cm³/mol. The normalized spacial score (nSPS) is 22.5. The van der Waals surface area contributed by atoms with Gasteiger partial charge in [-0.3, -0.25) is 4.79 Å². The average Bonchev–Trinajstić information content (AvgIpc) is 2.72. The van der Waals surface area contributed by atoms with Gasteiger partial charge in [0, 0.05) is 17.8 Å². The minimum Gasteiger partial charge on any atom is -0.481 e. The Morgan fingerprint density at radius 1 is 1.33 bits per heavy atom. The summed E-state index contributed by atoms with van der Waals surface area (Å²) in [7, 11) is 0. The number of aryl methyl sites for hydroxylation is 1. The monoisotopic (exact) mass is 291 g/mol. The molecular formula is C15H21N3O3. The number of anilines is 1. The Kier molecular flexibility index (Phi) is 4.34. The van der Waals surface area contributed by atoms with Gasteiger partial charge in [0.1, 0.15) is 12.1 Å². The number of hydrogen-bond donors (Lipinski definition) is 1. The topological polar surface area (TPSA) is 75.6 Å². The van der Waals surface area contributed by atoms with Crippen LogP contribution in [0.3, 0.4) is 0 Å². The van der Waals surface area contributed by atoms with Crippen LogP contribution < -0.4 is 4.90 Å². The van der Waals surface area contributed by atoms with Crippen LogP contribution in [0, 0.1) is 0 Å². The minimum absolute atomic E-state index is 0.0821. The van der Waals surface area contributed by atoms with Crippen LogP contribution in [0.2, 0.25) is 0 Å². The van der Waals surface area contributed by atoms with Gasteiger partial charge in [0.05, 0.1) is 25.7 Å². The Hall–Kier alpha value is -1.69. The lowest BCUT2D eigenvalue weighted by atomic mass is 10.1. The Morgan fingerprint density at radius 2 is 2.19 bits per heavy atom. The lowest BCUT2D eigenvalue weighted by molar-refractivity contribution is -0.138. The first kappa shape index (κ1) is 14.3. The van der Waals surface area contributed by atoms with E-state index in [9.17, 15) is 4.79 Å². The number of hydrogen-bond acceptors (Lipinski definition) is 5.